The molecule has 15 heteroatoms. The first-order valence-corrected chi connectivity index (χ1v) is 23.3. The van der Waals surface area contributed by atoms with Crippen LogP contribution in [-0.4, -0.2) is 108 Å². The van der Waals surface area contributed by atoms with Gasteiger partial charge in [0.05, 0.1) is 18.2 Å². The van der Waals surface area contributed by atoms with Gasteiger partial charge in [-0.05, 0) is 56.5 Å². The van der Waals surface area contributed by atoms with Crippen LogP contribution in [0.15, 0.2) is 133 Å². The predicted octanol–water partition coefficient (Wildman–Crippen LogP) is 6.40. The van der Waals surface area contributed by atoms with E-state index in [1.165, 1.54) is 24.1 Å². The largest absolute Gasteiger partial charge is 0.462 e. The first-order chi connectivity index (χ1) is 33.4. The number of fused-ring (bicyclic) bond motifs is 1. The summed E-state index contributed by atoms with van der Waals surface area (Å²) in [5.74, 6) is -5.34. The topological polar surface area (TPSA) is 193 Å². The van der Waals surface area contributed by atoms with Crippen molar-refractivity contribution in [1.82, 2.24) is 10.2 Å². The van der Waals surface area contributed by atoms with E-state index >= 15 is 0 Å². The SMILES string of the molecule is CN(C(=O)C1=CC2OC(c3ccccc3)(c3ccccc3)OC2C(OC(=O)c2ccccc2C=CC(=O)OC2C(=O)OCC2(C)C)C1)C(Cc1ccccc1)C(=O)NC(CO)CCC(=O)OC(C)(C)C. The Bertz CT molecular complexity index is 2550. The number of rotatable bonds is 17. The molecule has 2 N–H and O–H groups in total. The highest BCUT2D eigenvalue weighted by Gasteiger charge is 2.55. The minimum atomic E-state index is -1.50. The number of esters is 4. The maximum atomic E-state index is 15.0. The third-order valence-corrected chi connectivity index (χ3v) is 12.3. The lowest BCUT2D eigenvalue weighted by atomic mass is 9.90. The highest BCUT2D eigenvalue weighted by Crippen LogP contribution is 2.47. The average Bonchev–Trinajstić information content (AvgIpc) is 3.87. The fraction of sp³-hybridized carbons (Fsp3) is 0.382. The summed E-state index contributed by atoms with van der Waals surface area (Å²) in [6, 6.07) is 32.3. The Hall–Kier alpha value is -6.94. The molecular weight excluding hydrogens is 897 g/mol. The summed E-state index contributed by atoms with van der Waals surface area (Å²) in [7, 11) is 1.51. The third-order valence-electron chi connectivity index (χ3n) is 12.3. The van der Waals surface area contributed by atoms with Gasteiger partial charge in [0.2, 0.25) is 23.7 Å². The van der Waals surface area contributed by atoms with Gasteiger partial charge in [-0.25, -0.2) is 14.4 Å². The van der Waals surface area contributed by atoms with E-state index in [4.69, 9.17) is 28.4 Å². The fourth-order valence-corrected chi connectivity index (χ4v) is 8.66. The van der Waals surface area contributed by atoms with E-state index in [1.807, 2.05) is 91.0 Å². The molecule has 2 fully saturated rings. The van der Waals surface area contributed by atoms with Crippen molar-refractivity contribution < 1.29 is 62.3 Å². The molecule has 0 spiro atoms. The van der Waals surface area contributed by atoms with Crippen LogP contribution < -0.4 is 5.32 Å². The van der Waals surface area contributed by atoms with Crippen molar-refractivity contribution in [3.8, 4) is 0 Å². The monoisotopic (exact) mass is 956 g/mol. The summed E-state index contributed by atoms with van der Waals surface area (Å²) < 4.78 is 36.2. The van der Waals surface area contributed by atoms with E-state index in [0.29, 0.717) is 16.7 Å². The molecule has 7 rings (SSSR count). The van der Waals surface area contributed by atoms with Gasteiger partial charge in [-0.2, -0.15) is 0 Å². The van der Waals surface area contributed by atoms with Crippen molar-refractivity contribution in [2.24, 2.45) is 5.41 Å². The Morgan fingerprint density at radius 1 is 0.857 bits per heavy atom. The number of ether oxygens (including phenoxy) is 6. The number of cyclic esters (lactones) is 1. The van der Waals surface area contributed by atoms with Gasteiger partial charge >= 0.3 is 23.9 Å². The lowest BCUT2D eigenvalue weighted by molar-refractivity contribution is -0.159. The van der Waals surface area contributed by atoms with Crippen LogP contribution in [0.3, 0.4) is 0 Å². The molecule has 6 unspecified atom stereocenters. The van der Waals surface area contributed by atoms with Gasteiger partial charge in [0, 0.05) is 54.5 Å². The Morgan fingerprint density at radius 3 is 2.07 bits per heavy atom. The van der Waals surface area contributed by atoms with Crippen molar-refractivity contribution in [2.45, 2.75) is 108 Å². The summed E-state index contributed by atoms with van der Waals surface area (Å²) in [5, 5.41) is 13.2. The number of carbonyl (C=O) groups excluding carboxylic acids is 6. The predicted molar refractivity (Wildman–Crippen MR) is 256 cm³/mol. The minimum absolute atomic E-state index is 0.0593. The molecule has 70 heavy (non-hydrogen) atoms. The number of likely N-dealkylation sites (N-methyl/N-ethyl adjacent to an activating group) is 1. The van der Waals surface area contributed by atoms with Crippen molar-refractivity contribution in [2.75, 3.05) is 20.3 Å². The van der Waals surface area contributed by atoms with E-state index in [0.717, 1.165) is 11.6 Å². The van der Waals surface area contributed by atoms with Gasteiger partial charge in [-0.3, -0.25) is 14.4 Å². The van der Waals surface area contributed by atoms with Gasteiger partial charge in [-0.15, -0.1) is 0 Å². The smallest absolute Gasteiger partial charge is 0.348 e. The van der Waals surface area contributed by atoms with Gasteiger partial charge in [-0.1, -0.05) is 123 Å². The maximum Gasteiger partial charge on any atom is 0.348 e. The van der Waals surface area contributed by atoms with Crippen LogP contribution in [0.5, 0.6) is 0 Å². The number of hydrogen-bond donors (Lipinski definition) is 2. The Morgan fingerprint density at radius 2 is 1.47 bits per heavy atom. The molecule has 1 aliphatic carbocycles. The number of carbonyl (C=O) groups is 6. The van der Waals surface area contributed by atoms with E-state index in [2.05, 4.69) is 5.32 Å². The van der Waals surface area contributed by atoms with Crippen LogP contribution in [0.4, 0.5) is 0 Å². The zero-order valence-corrected chi connectivity index (χ0v) is 40.2. The van der Waals surface area contributed by atoms with Crippen LogP contribution in [-0.2, 0) is 64.6 Å². The quantitative estimate of drug-likeness (QED) is 0.0672. The minimum Gasteiger partial charge on any atom is -0.462 e. The average molecular weight is 957 g/mol. The number of hydrogen-bond acceptors (Lipinski definition) is 13. The molecule has 2 heterocycles. The van der Waals surface area contributed by atoms with E-state index in [9.17, 15) is 33.9 Å². The Labute approximate surface area is 407 Å². The van der Waals surface area contributed by atoms with E-state index in [1.54, 1.807) is 58.9 Å². The molecule has 0 saturated carbocycles. The number of aliphatic hydroxyl groups excluding tert-OH is 1. The van der Waals surface area contributed by atoms with E-state index in [-0.39, 0.29) is 43.4 Å². The molecule has 4 aromatic carbocycles. The normalized spacial score (nSPS) is 21.1. The highest BCUT2D eigenvalue weighted by atomic mass is 16.8. The highest BCUT2D eigenvalue weighted by molar-refractivity contribution is 5.98. The molecule has 6 atom stereocenters. The second-order valence-electron chi connectivity index (χ2n) is 19.3. The molecule has 2 amide bonds. The molecule has 15 nitrogen and oxygen atoms in total. The Kier molecular flexibility index (Phi) is 15.8. The molecule has 0 aromatic heterocycles. The summed E-state index contributed by atoms with van der Waals surface area (Å²) in [6.07, 6.45) is 0.0141. The summed E-state index contributed by atoms with van der Waals surface area (Å²) in [5.41, 5.74) is 1.21. The van der Waals surface area contributed by atoms with Crippen LogP contribution in [0.25, 0.3) is 6.08 Å². The van der Waals surface area contributed by atoms with Crippen molar-refractivity contribution in [3.63, 3.8) is 0 Å². The first kappa shape index (κ1) is 50.9. The number of aliphatic hydroxyl groups is 1. The lowest BCUT2D eigenvalue weighted by Gasteiger charge is -2.34. The van der Waals surface area contributed by atoms with Crippen molar-refractivity contribution in [1.29, 1.82) is 0 Å². The lowest BCUT2D eigenvalue weighted by Crippen LogP contribution is -2.53. The van der Waals surface area contributed by atoms with Crippen LogP contribution >= 0.6 is 0 Å². The second kappa shape index (κ2) is 21.8. The molecule has 368 valence electrons. The van der Waals surface area contributed by atoms with Crippen LogP contribution in [0, 0.1) is 5.41 Å². The zero-order valence-electron chi connectivity index (χ0n) is 40.2. The number of nitrogens with zero attached hydrogens (tertiary/aromatic N) is 1. The van der Waals surface area contributed by atoms with Crippen molar-refractivity contribution >= 4 is 41.8 Å². The van der Waals surface area contributed by atoms with E-state index < -0.39 is 95.6 Å². The third kappa shape index (κ3) is 12.1. The maximum absolute atomic E-state index is 15.0. The molecule has 2 saturated heterocycles. The van der Waals surface area contributed by atoms with Gasteiger partial charge in [0.15, 0.2) is 0 Å². The molecule has 4 aromatic rings. The molecule has 2 aliphatic heterocycles. The second-order valence-corrected chi connectivity index (χ2v) is 19.3. The molecule has 0 bridgehead atoms. The van der Waals surface area contributed by atoms with Crippen molar-refractivity contribution in [3.05, 3.63) is 161 Å². The number of benzene rings is 4. The van der Waals surface area contributed by atoms with Gasteiger partial charge < -0.3 is 43.7 Å². The van der Waals surface area contributed by atoms with Crippen LogP contribution in [0.2, 0.25) is 0 Å². The van der Waals surface area contributed by atoms with Crippen LogP contribution in [0.1, 0.15) is 86.5 Å². The number of amides is 2. The zero-order chi connectivity index (χ0) is 50.2. The molecule has 3 aliphatic rings. The Balaban J connectivity index is 1.19. The standard InChI is InChI=1S/C55H60N2O13/c1-53(2,3)69-46(60)29-27-40(33-58)56-49(61)42(30-35-18-10-7-11-19-35)57(6)50(62)37-31-43(47-44(32-37)68-55(70-47,38-21-12-8-13-22-38)39-23-14-9-15-24-39)66-51(63)41-25-17-16-20-36(41)26-28-45(59)67-48-52(64)65-34-54(48,4)5/h7-26,28,32,40,42-44,47-48,58H,27,29-31,33-34H2,1-6H3,(H,56,61). The summed E-state index contributed by atoms with van der Waals surface area (Å²) >= 11 is 0. The summed E-state index contributed by atoms with van der Waals surface area (Å²) in [6.45, 7) is 8.39. The first-order valence-electron chi connectivity index (χ1n) is 23.3. The van der Waals surface area contributed by atoms with Gasteiger partial charge in [0.1, 0.15) is 36.6 Å². The number of nitrogens with one attached hydrogen (secondary N) is 1. The fourth-order valence-electron chi connectivity index (χ4n) is 8.66. The summed E-state index contributed by atoms with van der Waals surface area (Å²) in [4.78, 5) is 82.9. The molecule has 0 radical (unpaired) electrons. The molecular formula is C55H60N2O13. The van der Waals surface area contributed by atoms with Gasteiger partial charge in [0.25, 0.3) is 0 Å².